The number of likely N-dealkylation sites (tertiary alicyclic amines) is 1. The number of hydrogen-bond donors (Lipinski definition) is 1. The first-order valence-electron chi connectivity index (χ1n) is 9.10. The van der Waals surface area contributed by atoms with Crippen molar-refractivity contribution in [3.8, 4) is 11.4 Å². The molecule has 1 saturated heterocycles. The maximum atomic E-state index is 12.5. The number of rotatable bonds is 4. The first-order chi connectivity index (χ1) is 12.8. The van der Waals surface area contributed by atoms with Crippen LogP contribution in [0.5, 0.6) is 0 Å². The minimum atomic E-state index is 0.134. The van der Waals surface area contributed by atoms with Gasteiger partial charge in [0.1, 0.15) is 5.82 Å². The van der Waals surface area contributed by atoms with Crippen LogP contribution in [0.4, 0.5) is 0 Å². The topological polar surface area (TPSA) is 61.9 Å². The van der Waals surface area contributed by atoms with E-state index in [1.54, 1.807) is 0 Å². The molecule has 1 amide bonds. The second-order valence-electron chi connectivity index (χ2n) is 6.78. The molecule has 1 aromatic heterocycles. The molecule has 5 nitrogen and oxygen atoms in total. The van der Waals surface area contributed by atoms with Crippen molar-refractivity contribution in [2.24, 2.45) is 5.92 Å². The molecule has 0 saturated carbocycles. The van der Waals surface area contributed by atoms with Gasteiger partial charge in [0, 0.05) is 30.6 Å². The van der Waals surface area contributed by atoms with Gasteiger partial charge in [-0.25, -0.2) is 4.98 Å². The highest BCUT2D eigenvalue weighted by atomic mass is 16.2. The Morgan fingerprint density at radius 1 is 1.00 bits per heavy atom. The number of amides is 1. The largest absolute Gasteiger partial charge is 0.339 e. The summed E-state index contributed by atoms with van der Waals surface area (Å²) < 4.78 is 0. The SMILES string of the molecule is O=C(c1ccccc1)N1CCC(Cc2nc(-c3ccccc3)n[nH]2)CC1. The molecule has 0 bridgehead atoms. The lowest BCUT2D eigenvalue weighted by molar-refractivity contribution is 0.0690. The molecule has 0 aliphatic carbocycles. The van der Waals surface area contributed by atoms with Crippen molar-refractivity contribution in [2.45, 2.75) is 19.3 Å². The Bertz CT molecular complexity index is 852. The first-order valence-corrected chi connectivity index (χ1v) is 9.10. The Hall–Kier alpha value is -2.95. The van der Waals surface area contributed by atoms with Crippen molar-refractivity contribution >= 4 is 5.91 Å². The second kappa shape index (κ2) is 7.52. The maximum Gasteiger partial charge on any atom is 0.253 e. The third-order valence-electron chi connectivity index (χ3n) is 4.97. The molecule has 0 unspecified atom stereocenters. The Kier molecular flexibility index (Phi) is 4.78. The van der Waals surface area contributed by atoms with Gasteiger partial charge in [0.05, 0.1) is 0 Å². The Morgan fingerprint density at radius 3 is 2.35 bits per heavy atom. The van der Waals surface area contributed by atoms with Crippen LogP contribution in [-0.2, 0) is 6.42 Å². The van der Waals surface area contributed by atoms with E-state index in [0.717, 1.165) is 55.1 Å². The molecule has 5 heteroatoms. The van der Waals surface area contributed by atoms with Gasteiger partial charge in [-0.2, -0.15) is 5.10 Å². The third kappa shape index (κ3) is 3.67. The van der Waals surface area contributed by atoms with Gasteiger partial charge < -0.3 is 4.90 Å². The molecule has 26 heavy (non-hydrogen) atoms. The second-order valence-corrected chi connectivity index (χ2v) is 6.78. The molecular weight excluding hydrogens is 324 g/mol. The molecule has 2 heterocycles. The fourth-order valence-electron chi connectivity index (χ4n) is 3.48. The minimum Gasteiger partial charge on any atom is -0.339 e. The lowest BCUT2D eigenvalue weighted by Gasteiger charge is -2.31. The number of nitrogens with one attached hydrogen (secondary N) is 1. The minimum absolute atomic E-state index is 0.134. The van der Waals surface area contributed by atoms with E-state index in [4.69, 9.17) is 0 Å². The molecule has 1 N–H and O–H groups in total. The molecule has 1 fully saturated rings. The van der Waals surface area contributed by atoms with Crippen LogP contribution >= 0.6 is 0 Å². The van der Waals surface area contributed by atoms with Gasteiger partial charge in [-0.05, 0) is 30.9 Å². The summed E-state index contributed by atoms with van der Waals surface area (Å²) in [5.74, 6) is 2.34. The van der Waals surface area contributed by atoms with E-state index in [1.807, 2.05) is 65.6 Å². The molecule has 2 aromatic carbocycles. The number of carbonyl (C=O) groups excluding carboxylic acids is 1. The van der Waals surface area contributed by atoms with Crippen molar-refractivity contribution < 1.29 is 4.79 Å². The Morgan fingerprint density at radius 2 is 1.65 bits per heavy atom. The lowest BCUT2D eigenvalue weighted by atomic mass is 9.93. The maximum absolute atomic E-state index is 12.5. The predicted octanol–water partition coefficient (Wildman–Crippen LogP) is 3.57. The molecule has 0 atom stereocenters. The average molecular weight is 346 g/mol. The number of aromatic amines is 1. The van der Waals surface area contributed by atoms with Crippen molar-refractivity contribution in [1.29, 1.82) is 0 Å². The quantitative estimate of drug-likeness (QED) is 0.785. The van der Waals surface area contributed by atoms with Crippen LogP contribution in [0.1, 0.15) is 29.0 Å². The average Bonchev–Trinajstić information content (AvgIpc) is 3.18. The molecule has 0 spiro atoms. The standard InChI is InChI=1S/C21H22N4O/c26-21(18-9-5-2-6-10-18)25-13-11-16(12-14-25)15-19-22-20(24-23-19)17-7-3-1-4-8-17/h1-10,16H,11-15H2,(H,22,23,24). The van der Waals surface area contributed by atoms with Gasteiger partial charge in [0.2, 0.25) is 0 Å². The number of nitrogens with zero attached hydrogens (tertiary/aromatic N) is 3. The Balaban J connectivity index is 1.33. The number of benzene rings is 2. The summed E-state index contributed by atoms with van der Waals surface area (Å²) >= 11 is 0. The Labute approximate surface area is 153 Å². The lowest BCUT2D eigenvalue weighted by Crippen LogP contribution is -2.38. The zero-order valence-electron chi connectivity index (χ0n) is 14.6. The van der Waals surface area contributed by atoms with Crippen LogP contribution in [0.3, 0.4) is 0 Å². The molecule has 1 aliphatic rings. The van der Waals surface area contributed by atoms with E-state index in [0.29, 0.717) is 5.92 Å². The summed E-state index contributed by atoms with van der Waals surface area (Å²) in [7, 11) is 0. The van der Waals surface area contributed by atoms with E-state index in [2.05, 4.69) is 15.2 Å². The van der Waals surface area contributed by atoms with Crippen LogP contribution in [0.15, 0.2) is 60.7 Å². The molecule has 1 aliphatic heterocycles. The van der Waals surface area contributed by atoms with E-state index in [9.17, 15) is 4.79 Å². The van der Waals surface area contributed by atoms with Gasteiger partial charge in [0.15, 0.2) is 5.82 Å². The van der Waals surface area contributed by atoms with Gasteiger partial charge in [0.25, 0.3) is 5.91 Å². The fourth-order valence-corrected chi connectivity index (χ4v) is 3.48. The zero-order valence-corrected chi connectivity index (χ0v) is 14.6. The number of hydrogen-bond acceptors (Lipinski definition) is 3. The van der Waals surface area contributed by atoms with Crippen LogP contribution in [0, 0.1) is 5.92 Å². The van der Waals surface area contributed by atoms with Gasteiger partial charge >= 0.3 is 0 Å². The predicted molar refractivity (Wildman–Crippen MR) is 101 cm³/mol. The first kappa shape index (κ1) is 16.5. The zero-order chi connectivity index (χ0) is 17.8. The summed E-state index contributed by atoms with van der Waals surface area (Å²) in [4.78, 5) is 19.1. The van der Waals surface area contributed by atoms with Crippen molar-refractivity contribution in [2.75, 3.05) is 13.1 Å². The van der Waals surface area contributed by atoms with Crippen molar-refractivity contribution in [3.63, 3.8) is 0 Å². The number of carbonyl (C=O) groups is 1. The van der Waals surface area contributed by atoms with Gasteiger partial charge in [-0.15, -0.1) is 0 Å². The third-order valence-corrected chi connectivity index (χ3v) is 4.97. The number of aromatic nitrogens is 3. The van der Waals surface area contributed by atoms with Crippen molar-refractivity contribution in [1.82, 2.24) is 20.1 Å². The molecule has 0 radical (unpaired) electrons. The fraction of sp³-hybridized carbons (Fsp3) is 0.286. The van der Waals surface area contributed by atoms with E-state index >= 15 is 0 Å². The van der Waals surface area contributed by atoms with E-state index in [1.165, 1.54) is 0 Å². The summed E-state index contributed by atoms with van der Waals surface area (Å²) in [5.41, 5.74) is 1.80. The van der Waals surface area contributed by atoms with Crippen LogP contribution < -0.4 is 0 Å². The van der Waals surface area contributed by atoms with Crippen LogP contribution in [0.2, 0.25) is 0 Å². The summed E-state index contributed by atoms with van der Waals surface area (Å²) in [6.45, 7) is 1.61. The molecule has 132 valence electrons. The highest BCUT2D eigenvalue weighted by molar-refractivity contribution is 5.94. The van der Waals surface area contributed by atoms with E-state index in [-0.39, 0.29) is 5.91 Å². The van der Waals surface area contributed by atoms with E-state index < -0.39 is 0 Å². The summed E-state index contributed by atoms with van der Waals surface area (Å²) in [5, 5.41) is 7.40. The van der Waals surface area contributed by atoms with Gasteiger partial charge in [-0.3, -0.25) is 9.89 Å². The van der Waals surface area contributed by atoms with Gasteiger partial charge in [-0.1, -0.05) is 48.5 Å². The van der Waals surface area contributed by atoms with Crippen molar-refractivity contribution in [3.05, 3.63) is 72.1 Å². The summed E-state index contributed by atoms with van der Waals surface area (Å²) in [6, 6.07) is 19.5. The smallest absolute Gasteiger partial charge is 0.253 e. The number of H-pyrrole nitrogens is 1. The molecule has 4 rings (SSSR count). The summed E-state index contributed by atoms with van der Waals surface area (Å²) in [6.07, 6.45) is 2.88. The van der Waals surface area contributed by atoms with Crippen LogP contribution in [-0.4, -0.2) is 39.1 Å². The normalized spacial score (nSPS) is 15.2. The highest BCUT2D eigenvalue weighted by Gasteiger charge is 2.24. The molecule has 3 aromatic rings. The number of piperidine rings is 1. The van der Waals surface area contributed by atoms with Crippen LogP contribution in [0.25, 0.3) is 11.4 Å². The molecular formula is C21H22N4O. The monoisotopic (exact) mass is 346 g/mol. The highest BCUT2D eigenvalue weighted by Crippen LogP contribution is 2.23.